The summed E-state index contributed by atoms with van der Waals surface area (Å²) in [5, 5.41) is 9.30. The highest BCUT2D eigenvalue weighted by atomic mass is 19.4. The molecule has 0 radical (unpaired) electrons. The Morgan fingerprint density at radius 2 is 1.71 bits per heavy atom. The summed E-state index contributed by atoms with van der Waals surface area (Å²) in [7, 11) is 0. The van der Waals surface area contributed by atoms with Crippen molar-refractivity contribution in [3.8, 4) is 0 Å². The summed E-state index contributed by atoms with van der Waals surface area (Å²) in [5.74, 6) is -1.64. The Kier molecular flexibility index (Phi) is 8.07. The number of carbonyl (C=O) groups is 2. The molecule has 3 rings (SSSR count). The monoisotopic (exact) mass is 511 g/mol. The van der Waals surface area contributed by atoms with Crippen molar-refractivity contribution >= 4 is 17.7 Å². The fraction of sp³-hybridized carbons (Fsp3) is 0.636. The average molecular weight is 511 g/mol. The van der Waals surface area contributed by atoms with Crippen LogP contribution in [0, 0.1) is 5.92 Å². The van der Waals surface area contributed by atoms with Gasteiger partial charge in [0, 0.05) is 51.5 Å². The molecule has 0 aliphatic carbocycles. The summed E-state index contributed by atoms with van der Waals surface area (Å²) in [6, 6.07) is 3.66. The standard InChI is InChI=1S/C22H27F6N3O4/c1-14(21(23,24)25)35-20(34)30-7-5-29(6-8-30)12-15-9-17(22(26,27)28)11-18(10-15)31-4-2-3-16(13-31)19(32)33/h9-11,14,16H,2-8,12-13H2,1H3,(H,32,33)/t14?,16-/m1/s1. The van der Waals surface area contributed by atoms with Gasteiger partial charge in [-0.25, -0.2) is 4.79 Å². The van der Waals surface area contributed by atoms with E-state index in [9.17, 15) is 41.0 Å². The Balaban J connectivity index is 1.67. The summed E-state index contributed by atoms with van der Waals surface area (Å²) in [5.41, 5.74) is -0.177. The van der Waals surface area contributed by atoms with Crippen LogP contribution in [0.2, 0.25) is 0 Å². The molecule has 1 unspecified atom stereocenters. The van der Waals surface area contributed by atoms with Gasteiger partial charge in [-0.05, 0) is 43.5 Å². The number of aliphatic carboxylic acids is 1. The molecule has 1 aromatic carbocycles. The fourth-order valence-corrected chi connectivity index (χ4v) is 4.16. The van der Waals surface area contributed by atoms with Crippen LogP contribution in [0.5, 0.6) is 0 Å². The number of amides is 1. The number of carbonyl (C=O) groups excluding carboxylic acids is 1. The average Bonchev–Trinajstić information content (AvgIpc) is 2.78. The minimum absolute atomic E-state index is 0.0711. The predicted molar refractivity (Wildman–Crippen MR) is 113 cm³/mol. The number of piperazine rings is 1. The number of nitrogens with zero attached hydrogens (tertiary/aromatic N) is 3. The van der Waals surface area contributed by atoms with Crippen molar-refractivity contribution in [1.82, 2.24) is 9.80 Å². The van der Waals surface area contributed by atoms with E-state index >= 15 is 0 Å². The van der Waals surface area contributed by atoms with E-state index in [2.05, 4.69) is 4.74 Å². The Bertz CT molecular complexity index is 915. The molecule has 2 heterocycles. The lowest BCUT2D eigenvalue weighted by Crippen LogP contribution is -2.49. The van der Waals surface area contributed by atoms with Crippen molar-refractivity contribution in [3.63, 3.8) is 0 Å². The molecule has 7 nitrogen and oxygen atoms in total. The lowest BCUT2D eigenvalue weighted by Gasteiger charge is -2.35. The zero-order chi connectivity index (χ0) is 26.0. The molecule has 2 aliphatic heterocycles. The molecule has 2 fully saturated rings. The van der Waals surface area contributed by atoms with Crippen LogP contribution < -0.4 is 4.90 Å². The van der Waals surface area contributed by atoms with Gasteiger partial charge in [0.2, 0.25) is 0 Å². The second kappa shape index (κ2) is 10.5. The zero-order valence-corrected chi connectivity index (χ0v) is 19.0. The van der Waals surface area contributed by atoms with Gasteiger partial charge in [-0.1, -0.05) is 0 Å². The second-order valence-corrected chi connectivity index (χ2v) is 8.84. The third-order valence-corrected chi connectivity index (χ3v) is 6.22. The summed E-state index contributed by atoms with van der Waals surface area (Å²) < 4.78 is 83.0. The van der Waals surface area contributed by atoms with Crippen LogP contribution in [0.1, 0.15) is 30.9 Å². The van der Waals surface area contributed by atoms with Gasteiger partial charge >= 0.3 is 24.4 Å². The number of hydrogen-bond donors (Lipinski definition) is 1. The Hall–Kier alpha value is -2.70. The quantitative estimate of drug-likeness (QED) is 0.598. The number of halogens is 6. The molecule has 0 bridgehead atoms. The van der Waals surface area contributed by atoms with E-state index in [1.807, 2.05) is 0 Å². The number of carboxylic acid groups (broad SMARTS) is 1. The maximum Gasteiger partial charge on any atom is 0.425 e. The first kappa shape index (κ1) is 26.9. The second-order valence-electron chi connectivity index (χ2n) is 8.84. The number of ether oxygens (including phenoxy) is 1. The highest BCUT2D eigenvalue weighted by Gasteiger charge is 2.40. The zero-order valence-electron chi connectivity index (χ0n) is 19.0. The summed E-state index contributed by atoms with van der Waals surface area (Å²) in [6.07, 6.45) is -11.6. The SMILES string of the molecule is CC(OC(=O)N1CCN(Cc2cc(N3CCC[C@@H](C(=O)O)C3)cc(C(F)(F)F)c2)CC1)C(F)(F)F. The third kappa shape index (κ3) is 7.15. The molecule has 2 aliphatic rings. The predicted octanol–water partition coefficient (Wildman–Crippen LogP) is 4.21. The van der Waals surface area contributed by atoms with Gasteiger partial charge < -0.3 is 19.6 Å². The number of hydrogen-bond acceptors (Lipinski definition) is 5. The molecule has 2 saturated heterocycles. The van der Waals surface area contributed by atoms with Crippen molar-refractivity contribution in [2.45, 2.75) is 44.8 Å². The fourth-order valence-electron chi connectivity index (χ4n) is 4.16. The number of benzene rings is 1. The molecule has 13 heteroatoms. The Morgan fingerprint density at radius 3 is 2.29 bits per heavy atom. The molecule has 1 N–H and O–H groups in total. The van der Waals surface area contributed by atoms with Crippen molar-refractivity contribution < 1.29 is 45.8 Å². The van der Waals surface area contributed by atoms with Crippen LogP contribution in [0.15, 0.2) is 18.2 Å². The first-order valence-corrected chi connectivity index (χ1v) is 11.2. The van der Waals surface area contributed by atoms with Crippen molar-refractivity contribution in [3.05, 3.63) is 29.3 Å². The van der Waals surface area contributed by atoms with Crippen LogP contribution in [0.3, 0.4) is 0 Å². The number of piperidine rings is 1. The van der Waals surface area contributed by atoms with E-state index in [1.54, 1.807) is 15.9 Å². The van der Waals surface area contributed by atoms with Gasteiger partial charge in [0.05, 0.1) is 11.5 Å². The van der Waals surface area contributed by atoms with Gasteiger partial charge in [0.25, 0.3) is 0 Å². The van der Waals surface area contributed by atoms with Crippen LogP contribution in [-0.4, -0.2) is 78.5 Å². The third-order valence-electron chi connectivity index (χ3n) is 6.22. The topological polar surface area (TPSA) is 73.3 Å². The van der Waals surface area contributed by atoms with Crippen LogP contribution in [0.4, 0.5) is 36.8 Å². The molecule has 1 aromatic rings. The van der Waals surface area contributed by atoms with E-state index in [-0.39, 0.29) is 39.3 Å². The van der Waals surface area contributed by atoms with E-state index in [4.69, 9.17) is 0 Å². The number of alkyl halides is 6. The number of carboxylic acids is 1. The first-order chi connectivity index (χ1) is 16.2. The Labute approximate surface area is 198 Å². The maximum absolute atomic E-state index is 13.6. The lowest BCUT2D eigenvalue weighted by atomic mass is 9.97. The van der Waals surface area contributed by atoms with Gasteiger partial charge in [0.1, 0.15) is 0 Å². The normalized spacial score (nSPS) is 21.1. The van der Waals surface area contributed by atoms with E-state index in [0.717, 1.165) is 24.0 Å². The Morgan fingerprint density at radius 1 is 1.06 bits per heavy atom. The smallest absolute Gasteiger partial charge is 0.425 e. The minimum Gasteiger partial charge on any atom is -0.481 e. The largest absolute Gasteiger partial charge is 0.481 e. The minimum atomic E-state index is -4.67. The summed E-state index contributed by atoms with van der Waals surface area (Å²) in [6.45, 7) is 2.06. The first-order valence-electron chi connectivity index (χ1n) is 11.2. The maximum atomic E-state index is 13.6. The highest BCUT2D eigenvalue weighted by Crippen LogP contribution is 2.35. The highest BCUT2D eigenvalue weighted by molar-refractivity contribution is 5.71. The van der Waals surface area contributed by atoms with Crippen LogP contribution in [-0.2, 0) is 22.3 Å². The summed E-state index contributed by atoms with van der Waals surface area (Å²) >= 11 is 0. The van der Waals surface area contributed by atoms with Gasteiger partial charge in [-0.3, -0.25) is 9.69 Å². The molecule has 35 heavy (non-hydrogen) atoms. The molecule has 196 valence electrons. The number of rotatable bonds is 5. The van der Waals surface area contributed by atoms with E-state index < -0.39 is 42.0 Å². The molecule has 0 spiro atoms. The molecule has 0 aromatic heterocycles. The molecular formula is C22H27F6N3O4. The lowest BCUT2D eigenvalue weighted by molar-refractivity contribution is -0.200. The van der Waals surface area contributed by atoms with E-state index in [0.29, 0.717) is 30.6 Å². The van der Waals surface area contributed by atoms with Crippen molar-refractivity contribution in [2.24, 2.45) is 5.92 Å². The molecule has 1 amide bonds. The van der Waals surface area contributed by atoms with Gasteiger partial charge in [-0.15, -0.1) is 0 Å². The molecule has 0 saturated carbocycles. The molecular weight excluding hydrogens is 484 g/mol. The van der Waals surface area contributed by atoms with Gasteiger partial charge in [0.15, 0.2) is 6.10 Å². The number of anilines is 1. The van der Waals surface area contributed by atoms with Crippen LogP contribution >= 0.6 is 0 Å². The van der Waals surface area contributed by atoms with E-state index in [1.165, 1.54) is 0 Å². The van der Waals surface area contributed by atoms with Gasteiger partial charge in [-0.2, -0.15) is 26.3 Å². The van der Waals surface area contributed by atoms with Crippen molar-refractivity contribution in [2.75, 3.05) is 44.2 Å². The summed E-state index contributed by atoms with van der Waals surface area (Å²) in [4.78, 5) is 27.9. The molecule has 2 atom stereocenters. The van der Waals surface area contributed by atoms with Crippen LogP contribution in [0.25, 0.3) is 0 Å². The van der Waals surface area contributed by atoms with Crippen molar-refractivity contribution in [1.29, 1.82) is 0 Å².